The average Bonchev–Trinajstić information content (AvgIpc) is 2.47. The van der Waals surface area contributed by atoms with Gasteiger partial charge in [0.05, 0.1) is 0 Å². The van der Waals surface area contributed by atoms with Crippen LogP contribution in [-0.4, -0.2) is 49.3 Å². The van der Waals surface area contributed by atoms with E-state index in [2.05, 4.69) is 30.4 Å². The third-order valence-electron chi connectivity index (χ3n) is 2.54. The van der Waals surface area contributed by atoms with Crippen LogP contribution in [0.4, 0.5) is 0 Å². The van der Waals surface area contributed by atoms with Crippen molar-refractivity contribution in [3.05, 3.63) is 36.5 Å². The van der Waals surface area contributed by atoms with Gasteiger partial charge in [0.1, 0.15) is 0 Å². The largest absolute Gasteiger partial charge is 0.359 e. The van der Waals surface area contributed by atoms with Crippen molar-refractivity contribution in [2.75, 3.05) is 26.2 Å². The maximum Gasteiger partial charge on any atom is 0.248 e. The summed E-state index contributed by atoms with van der Waals surface area (Å²) < 4.78 is 0. The Morgan fingerprint density at radius 2 is 1.50 bits per heavy atom. The molecule has 0 aromatic heterocycles. The topological polar surface area (TPSA) is 78.5 Å². The predicted molar refractivity (Wildman–Crippen MR) is 98.4 cm³/mol. The minimum absolute atomic E-state index is 0.152. The highest BCUT2D eigenvalue weighted by molar-refractivity contribution is 5.93. The maximum absolute atomic E-state index is 11.9. The van der Waals surface area contributed by atoms with E-state index in [0.717, 1.165) is 0 Å². The molecule has 0 saturated carbocycles. The molecule has 0 aliphatic rings. The van der Waals surface area contributed by atoms with E-state index in [0.29, 0.717) is 50.2 Å². The Morgan fingerprint density at radius 3 is 1.92 bits per heavy atom. The molecule has 0 aliphatic heterocycles. The van der Waals surface area contributed by atoms with Crippen LogP contribution in [0.3, 0.4) is 0 Å². The lowest BCUT2D eigenvalue weighted by atomic mass is 10.2. The van der Waals surface area contributed by atoms with E-state index in [9.17, 15) is 14.4 Å². The van der Waals surface area contributed by atoms with Gasteiger partial charge in [0.15, 0.2) is 0 Å². The van der Waals surface area contributed by atoms with Crippen molar-refractivity contribution >= 4 is 18.2 Å². The fourth-order valence-electron chi connectivity index (χ4n) is 1.47. The molecule has 3 amide bonds. The zero-order valence-electron chi connectivity index (χ0n) is 15.4. The number of hydrogen-bond donors (Lipinski definition) is 2. The van der Waals surface area contributed by atoms with Gasteiger partial charge in [-0.15, -0.1) is 6.58 Å². The number of rotatable bonds is 10. The van der Waals surface area contributed by atoms with Crippen molar-refractivity contribution in [3.63, 3.8) is 0 Å². The maximum atomic E-state index is 11.9. The molecule has 2 N–H and O–H groups in total. The monoisotopic (exact) mass is 337 g/mol. The van der Waals surface area contributed by atoms with Crippen LogP contribution >= 0.6 is 0 Å². The van der Waals surface area contributed by atoms with E-state index in [1.165, 1.54) is 5.57 Å². The Bertz CT molecular complexity index is 466. The van der Waals surface area contributed by atoms with Gasteiger partial charge in [-0.1, -0.05) is 18.7 Å². The minimum atomic E-state index is -0.227. The molecule has 0 heterocycles. The van der Waals surface area contributed by atoms with Crippen LogP contribution in [0.15, 0.2) is 36.5 Å². The molecule has 0 bridgehead atoms. The summed E-state index contributed by atoms with van der Waals surface area (Å²) in [6, 6.07) is 0. The third-order valence-corrected chi connectivity index (χ3v) is 2.54. The number of allylic oxidation sites excluding steroid dienone is 1. The lowest BCUT2D eigenvalue weighted by Gasteiger charge is -2.23. The predicted octanol–water partition coefficient (Wildman–Crippen LogP) is 1.80. The average molecular weight is 337 g/mol. The van der Waals surface area contributed by atoms with Gasteiger partial charge in [-0.2, -0.15) is 0 Å². The zero-order chi connectivity index (χ0) is 19.1. The highest BCUT2D eigenvalue weighted by Crippen LogP contribution is 2.00. The third kappa shape index (κ3) is 14.6. The first-order valence-electron chi connectivity index (χ1n) is 7.81. The Balaban J connectivity index is 0. The second-order valence-corrected chi connectivity index (χ2v) is 5.74. The molecule has 0 aromatic rings. The number of nitrogens with zero attached hydrogens (tertiary/aromatic N) is 1. The number of carbonyl (C=O) groups excluding carboxylic acids is 3. The van der Waals surface area contributed by atoms with Crippen LogP contribution < -0.4 is 10.6 Å². The zero-order valence-corrected chi connectivity index (χ0v) is 15.4. The van der Waals surface area contributed by atoms with Gasteiger partial charge in [0.2, 0.25) is 18.2 Å². The minimum Gasteiger partial charge on any atom is -0.359 e. The second kappa shape index (κ2) is 14.2. The second-order valence-electron chi connectivity index (χ2n) is 5.74. The van der Waals surface area contributed by atoms with E-state index >= 15 is 0 Å². The lowest BCUT2D eigenvalue weighted by Crippen LogP contribution is -2.40. The quantitative estimate of drug-likeness (QED) is 0.276. The van der Waals surface area contributed by atoms with E-state index in [1.807, 2.05) is 13.8 Å². The molecule has 0 unspecified atom stereocenters. The molecule has 0 spiro atoms. The number of hydrogen-bond acceptors (Lipinski definition) is 3. The van der Waals surface area contributed by atoms with Crippen LogP contribution in [0.1, 0.15) is 34.1 Å². The standard InChI is InChI=1S/C14H23N3O3.C4H8/c1-11(2)13(19)16-7-9-17(14(20)12(3)4)8-5-6-15-10-18;1-4(2)3/h10H,1,3,5-9H2,2,4H3,(H,15,18)(H,16,19);1H2,2-3H3. The summed E-state index contributed by atoms with van der Waals surface area (Å²) in [5.41, 5.74) is 2.04. The van der Waals surface area contributed by atoms with Gasteiger partial charge >= 0.3 is 0 Å². The summed E-state index contributed by atoms with van der Waals surface area (Å²) in [5, 5.41) is 5.21. The summed E-state index contributed by atoms with van der Waals surface area (Å²) in [5.74, 6) is -0.379. The van der Waals surface area contributed by atoms with Gasteiger partial charge in [0.25, 0.3) is 0 Å². The Labute approximate surface area is 145 Å². The van der Waals surface area contributed by atoms with Crippen molar-refractivity contribution in [3.8, 4) is 0 Å². The van der Waals surface area contributed by atoms with Gasteiger partial charge in [-0.25, -0.2) is 0 Å². The first kappa shape index (κ1) is 23.9. The van der Waals surface area contributed by atoms with E-state index < -0.39 is 0 Å². The molecular formula is C18H31N3O3. The molecular weight excluding hydrogens is 306 g/mol. The first-order chi connectivity index (χ1) is 11.1. The Kier molecular flexibility index (Phi) is 14.2. The van der Waals surface area contributed by atoms with Crippen LogP contribution in [0.5, 0.6) is 0 Å². The molecule has 6 heteroatoms. The molecule has 0 aromatic carbocycles. The Morgan fingerprint density at radius 1 is 0.958 bits per heavy atom. The highest BCUT2D eigenvalue weighted by Gasteiger charge is 2.13. The summed E-state index contributed by atoms with van der Waals surface area (Å²) in [4.78, 5) is 35.0. The molecule has 0 fully saturated rings. The SMILES string of the molecule is C=C(C)C.C=C(C)C(=O)NCCN(CCCNC=O)C(=O)C(=C)C. The summed E-state index contributed by atoms with van der Waals surface area (Å²) in [6.45, 7) is 19.7. The lowest BCUT2D eigenvalue weighted by molar-refractivity contribution is -0.127. The fourth-order valence-corrected chi connectivity index (χ4v) is 1.47. The van der Waals surface area contributed by atoms with Gasteiger partial charge in [-0.3, -0.25) is 14.4 Å². The van der Waals surface area contributed by atoms with E-state index in [4.69, 9.17) is 0 Å². The fraction of sp³-hybridized carbons (Fsp3) is 0.500. The molecule has 6 nitrogen and oxygen atoms in total. The van der Waals surface area contributed by atoms with Crippen molar-refractivity contribution < 1.29 is 14.4 Å². The first-order valence-corrected chi connectivity index (χ1v) is 7.81. The molecule has 0 aliphatic carbocycles. The van der Waals surface area contributed by atoms with E-state index in [-0.39, 0.29) is 11.8 Å². The van der Waals surface area contributed by atoms with Crippen LogP contribution in [0, 0.1) is 0 Å². The molecule has 24 heavy (non-hydrogen) atoms. The number of amides is 3. The normalized spacial score (nSPS) is 9.00. The van der Waals surface area contributed by atoms with Crippen LogP contribution in [0.2, 0.25) is 0 Å². The van der Waals surface area contributed by atoms with Crippen LogP contribution in [0.25, 0.3) is 0 Å². The summed E-state index contributed by atoms with van der Waals surface area (Å²) in [7, 11) is 0. The summed E-state index contributed by atoms with van der Waals surface area (Å²) >= 11 is 0. The van der Waals surface area contributed by atoms with Gasteiger partial charge in [-0.05, 0) is 34.1 Å². The molecule has 136 valence electrons. The Hall–Kier alpha value is -2.37. The van der Waals surface area contributed by atoms with Gasteiger partial charge in [0, 0.05) is 37.3 Å². The van der Waals surface area contributed by atoms with Crippen LogP contribution in [-0.2, 0) is 14.4 Å². The smallest absolute Gasteiger partial charge is 0.248 e. The van der Waals surface area contributed by atoms with E-state index in [1.54, 1.807) is 18.7 Å². The van der Waals surface area contributed by atoms with Crippen molar-refractivity contribution in [2.45, 2.75) is 34.1 Å². The molecule has 0 saturated heterocycles. The van der Waals surface area contributed by atoms with Crippen molar-refractivity contribution in [2.24, 2.45) is 0 Å². The highest BCUT2D eigenvalue weighted by atomic mass is 16.2. The molecule has 0 atom stereocenters. The number of nitrogens with one attached hydrogen (secondary N) is 2. The van der Waals surface area contributed by atoms with Crippen molar-refractivity contribution in [1.29, 1.82) is 0 Å². The summed E-state index contributed by atoms with van der Waals surface area (Å²) in [6.07, 6.45) is 1.27. The van der Waals surface area contributed by atoms with Gasteiger partial charge < -0.3 is 15.5 Å². The number of carbonyl (C=O) groups is 3. The van der Waals surface area contributed by atoms with Crippen molar-refractivity contribution in [1.82, 2.24) is 15.5 Å². The molecule has 0 rings (SSSR count). The molecule has 0 radical (unpaired) electrons.